The standard InChI is InChI=1S/C15H21FN2O3/c1-15(2,3)21-14(19)18-8-7-10(9-18)20-13-11(16)5-4-6-12(13)17/h4-6,10H,7-9,17H2,1-3H3. The number of amides is 1. The highest BCUT2D eigenvalue weighted by atomic mass is 19.1. The van der Waals surface area contributed by atoms with Gasteiger partial charge in [0.1, 0.15) is 11.7 Å². The fourth-order valence-corrected chi connectivity index (χ4v) is 2.13. The Labute approximate surface area is 123 Å². The zero-order valence-electron chi connectivity index (χ0n) is 12.6. The molecule has 1 unspecified atom stereocenters. The zero-order valence-corrected chi connectivity index (χ0v) is 12.6. The van der Waals surface area contributed by atoms with E-state index < -0.39 is 11.4 Å². The van der Waals surface area contributed by atoms with E-state index in [1.165, 1.54) is 12.1 Å². The lowest BCUT2D eigenvalue weighted by atomic mass is 10.2. The predicted molar refractivity (Wildman–Crippen MR) is 77.7 cm³/mol. The molecule has 0 aromatic heterocycles. The molecule has 1 heterocycles. The number of carbonyl (C=O) groups excluding carboxylic acids is 1. The summed E-state index contributed by atoms with van der Waals surface area (Å²) in [5.74, 6) is -0.445. The molecule has 1 aromatic rings. The van der Waals surface area contributed by atoms with Crippen LogP contribution in [0.3, 0.4) is 0 Å². The van der Waals surface area contributed by atoms with Gasteiger partial charge in [0.25, 0.3) is 0 Å². The Kier molecular flexibility index (Phi) is 4.25. The van der Waals surface area contributed by atoms with E-state index in [-0.39, 0.29) is 23.6 Å². The van der Waals surface area contributed by atoms with Gasteiger partial charge in [-0.1, -0.05) is 6.07 Å². The van der Waals surface area contributed by atoms with Gasteiger partial charge in [-0.25, -0.2) is 9.18 Å². The van der Waals surface area contributed by atoms with E-state index in [1.54, 1.807) is 11.0 Å². The number of hydrogen-bond donors (Lipinski definition) is 1. The van der Waals surface area contributed by atoms with Crippen molar-refractivity contribution in [2.24, 2.45) is 0 Å². The highest BCUT2D eigenvalue weighted by Gasteiger charge is 2.31. The zero-order chi connectivity index (χ0) is 15.6. The lowest BCUT2D eigenvalue weighted by molar-refractivity contribution is 0.0275. The van der Waals surface area contributed by atoms with Crippen LogP contribution in [0.1, 0.15) is 27.2 Å². The maximum absolute atomic E-state index is 13.7. The van der Waals surface area contributed by atoms with Crippen LogP contribution >= 0.6 is 0 Å². The molecule has 0 saturated carbocycles. The van der Waals surface area contributed by atoms with Crippen molar-refractivity contribution in [1.82, 2.24) is 4.90 Å². The van der Waals surface area contributed by atoms with Crippen molar-refractivity contribution in [3.05, 3.63) is 24.0 Å². The third-order valence-corrected chi connectivity index (χ3v) is 3.08. The number of nitrogens with zero attached hydrogens (tertiary/aromatic N) is 1. The average Bonchev–Trinajstić information content (AvgIpc) is 2.80. The van der Waals surface area contributed by atoms with Crippen molar-refractivity contribution in [3.8, 4) is 5.75 Å². The summed E-state index contributed by atoms with van der Waals surface area (Å²) in [6, 6.07) is 4.41. The number of para-hydroxylation sites is 1. The quantitative estimate of drug-likeness (QED) is 0.852. The van der Waals surface area contributed by atoms with E-state index in [9.17, 15) is 9.18 Å². The lowest BCUT2D eigenvalue weighted by Crippen LogP contribution is -2.36. The SMILES string of the molecule is CC(C)(C)OC(=O)N1CCC(Oc2c(N)cccc2F)C1. The van der Waals surface area contributed by atoms with Crippen molar-refractivity contribution in [3.63, 3.8) is 0 Å². The molecule has 1 saturated heterocycles. The first kappa shape index (κ1) is 15.4. The number of ether oxygens (including phenoxy) is 2. The number of halogens is 1. The first-order chi connectivity index (χ1) is 9.76. The Hall–Kier alpha value is -1.98. The Bertz CT molecular complexity index is 508. The Morgan fingerprint density at radius 2 is 2.14 bits per heavy atom. The van der Waals surface area contributed by atoms with Crippen molar-refractivity contribution >= 4 is 11.8 Å². The summed E-state index contributed by atoms with van der Waals surface area (Å²) in [6.45, 7) is 6.33. The summed E-state index contributed by atoms with van der Waals surface area (Å²) in [6.07, 6.45) is -0.0423. The normalized spacial score (nSPS) is 18.7. The van der Waals surface area contributed by atoms with Gasteiger partial charge < -0.3 is 20.1 Å². The molecule has 1 aliphatic rings. The van der Waals surface area contributed by atoms with Crippen LogP contribution < -0.4 is 10.5 Å². The summed E-state index contributed by atoms with van der Waals surface area (Å²) in [5, 5.41) is 0. The van der Waals surface area contributed by atoms with Crippen LogP contribution in [0.15, 0.2) is 18.2 Å². The van der Waals surface area contributed by atoms with Crippen molar-refractivity contribution < 1.29 is 18.7 Å². The number of carbonyl (C=O) groups is 1. The second-order valence-corrected chi connectivity index (χ2v) is 6.11. The minimum Gasteiger partial charge on any atom is -0.483 e. The minimum absolute atomic E-state index is 0.0496. The Morgan fingerprint density at radius 1 is 1.43 bits per heavy atom. The van der Waals surface area contributed by atoms with Gasteiger partial charge in [-0.2, -0.15) is 0 Å². The third-order valence-electron chi connectivity index (χ3n) is 3.08. The van der Waals surface area contributed by atoms with Crippen molar-refractivity contribution in [2.75, 3.05) is 18.8 Å². The van der Waals surface area contributed by atoms with Crippen LogP contribution in [0.2, 0.25) is 0 Å². The topological polar surface area (TPSA) is 64.8 Å². The number of hydrogen-bond acceptors (Lipinski definition) is 4. The Balaban J connectivity index is 1.95. The fourth-order valence-electron chi connectivity index (χ4n) is 2.13. The van der Waals surface area contributed by atoms with Crippen LogP contribution in [0.5, 0.6) is 5.75 Å². The molecular weight excluding hydrogens is 275 g/mol. The fraction of sp³-hybridized carbons (Fsp3) is 0.533. The van der Waals surface area contributed by atoms with Gasteiger partial charge in [-0.3, -0.25) is 0 Å². The van der Waals surface area contributed by atoms with E-state index in [0.717, 1.165) is 0 Å². The summed E-state index contributed by atoms with van der Waals surface area (Å²) >= 11 is 0. The molecule has 0 radical (unpaired) electrons. The van der Waals surface area contributed by atoms with E-state index in [4.69, 9.17) is 15.2 Å². The summed E-state index contributed by atoms with van der Waals surface area (Å²) < 4.78 is 24.6. The van der Waals surface area contributed by atoms with Crippen LogP contribution in [-0.2, 0) is 4.74 Å². The minimum atomic E-state index is -0.536. The number of rotatable bonds is 2. The maximum atomic E-state index is 13.7. The molecule has 21 heavy (non-hydrogen) atoms. The largest absolute Gasteiger partial charge is 0.483 e. The number of likely N-dealkylation sites (tertiary alicyclic amines) is 1. The van der Waals surface area contributed by atoms with Crippen molar-refractivity contribution in [1.29, 1.82) is 0 Å². The Morgan fingerprint density at radius 3 is 2.76 bits per heavy atom. The molecule has 5 nitrogen and oxygen atoms in total. The molecule has 0 bridgehead atoms. The van der Waals surface area contributed by atoms with Crippen LogP contribution in [-0.4, -0.2) is 35.8 Å². The number of nitrogen functional groups attached to an aromatic ring is 1. The molecule has 1 aliphatic heterocycles. The van der Waals surface area contributed by atoms with Gasteiger partial charge in [0.15, 0.2) is 11.6 Å². The molecule has 6 heteroatoms. The van der Waals surface area contributed by atoms with Crippen LogP contribution in [0.4, 0.5) is 14.9 Å². The van der Waals surface area contributed by atoms with Gasteiger partial charge in [-0.15, -0.1) is 0 Å². The number of anilines is 1. The first-order valence-corrected chi connectivity index (χ1v) is 6.95. The predicted octanol–water partition coefficient (Wildman–Crippen LogP) is 2.80. The molecule has 116 valence electrons. The van der Waals surface area contributed by atoms with E-state index in [1.807, 2.05) is 20.8 Å². The molecule has 2 N–H and O–H groups in total. The maximum Gasteiger partial charge on any atom is 0.410 e. The van der Waals surface area contributed by atoms with Gasteiger partial charge >= 0.3 is 6.09 Å². The van der Waals surface area contributed by atoms with E-state index in [0.29, 0.717) is 19.5 Å². The highest BCUT2D eigenvalue weighted by Crippen LogP contribution is 2.28. The molecular formula is C15H21FN2O3. The van der Waals surface area contributed by atoms with Gasteiger partial charge in [-0.05, 0) is 32.9 Å². The monoisotopic (exact) mass is 296 g/mol. The number of benzene rings is 1. The van der Waals surface area contributed by atoms with Crippen LogP contribution in [0.25, 0.3) is 0 Å². The molecule has 2 rings (SSSR count). The molecule has 1 amide bonds. The summed E-state index contributed by atoms with van der Waals surface area (Å²) in [7, 11) is 0. The lowest BCUT2D eigenvalue weighted by Gasteiger charge is -2.24. The second-order valence-electron chi connectivity index (χ2n) is 6.11. The summed E-state index contributed by atoms with van der Waals surface area (Å²) in [4.78, 5) is 13.5. The molecule has 0 aliphatic carbocycles. The average molecular weight is 296 g/mol. The molecule has 1 aromatic carbocycles. The molecule has 0 spiro atoms. The second kappa shape index (κ2) is 5.79. The van der Waals surface area contributed by atoms with Gasteiger partial charge in [0, 0.05) is 13.0 Å². The van der Waals surface area contributed by atoms with E-state index in [2.05, 4.69) is 0 Å². The van der Waals surface area contributed by atoms with Crippen molar-refractivity contribution in [2.45, 2.75) is 38.9 Å². The summed E-state index contributed by atoms with van der Waals surface area (Å²) in [5.41, 5.74) is 5.43. The van der Waals surface area contributed by atoms with E-state index >= 15 is 0 Å². The van der Waals surface area contributed by atoms with Crippen LogP contribution in [0, 0.1) is 5.82 Å². The smallest absolute Gasteiger partial charge is 0.410 e. The third kappa shape index (κ3) is 4.00. The molecule has 1 fully saturated rings. The van der Waals surface area contributed by atoms with Gasteiger partial charge in [0.05, 0.1) is 12.2 Å². The number of nitrogens with two attached hydrogens (primary N) is 1. The molecule has 1 atom stereocenters. The first-order valence-electron chi connectivity index (χ1n) is 6.95. The highest BCUT2D eigenvalue weighted by molar-refractivity contribution is 5.68. The van der Waals surface area contributed by atoms with Gasteiger partial charge in [0.2, 0.25) is 0 Å².